The predicted molar refractivity (Wildman–Crippen MR) is 86.1 cm³/mol. The van der Waals surface area contributed by atoms with Crippen LogP contribution in [0.1, 0.15) is 84.5 Å². The molecule has 0 aromatic carbocycles. The van der Waals surface area contributed by atoms with Gasteiger partial charge in [-0.05, 0) is 44.6 Å². The van der Waals surface area contributed by atoms with Gasteiger partial charge in [0.2, 0.25) is 0 Å². The van der Waals surface area contributed by atoms with E-state index >= 15 is 0 Å². The summed E-state index contributed by atoms with van der Waals surface area (Å²) >= 11 is 0. The Labute approximate surface area is 126 Å². The van der Waals surface area contributed by atoms with Gasteiger partial charge in [-0.1, -0.05) is 52.4 Å². The van der Waals surface area contributed by atoms with E-state index in [9.17, 15) is 0 Å². The lowest BCUT2D eigenvalue weighted by atomic mass is 9.98. The minimum atomic E-state index is 0.309. The molecule has 0 radical (unpaired) electrons. The highest BCUT2D eigenvalue weighted by atomic mass is 16.5. The number of rotatable bonds is 9. The van der Waals surface area contributed by atoms with E-state index in [0.717, 1.165) is 12.5 Å². The van der Waals surface area contributed by atoms with Crippen LogP contribution < -0.4 is 5.32 Å². The van der Waals surface area contributed by atoms with E-state index in [4.69, 9.17) is 4.74 Å². The molecule has 1 aliphatic carbocycles. The molecule has 2 nitrogen and oxygen atoms in total. The van der Waals surface area contributed by atoms with Crippen molar-refractivity contribution in [3.63, 3.8) is 0 Å². The highest BCUT2D eigenvalue weighted by molar-refractivity contribution is 4.93. The summed E-state index contributed by atoms with van der Waals surface area (Å²) in [6.07, 6.45) is 15.4. The van der Waals surface area contributed by atoms with Gasteiger partial charge in [0, 0.05) is 6.54 Å². The molecule has 0 aromatic rings. The monoisotopic (exact) mass is 281 g/mol. The Morgan fingerprint density at radius 2 is 1.80 bits per heavy atom. The first kappa shape index (κ1) is 16.3. The molecule has 0 aromatic heterocycles. The zero-order valence-electron chi connectivity index (χ0n) is 13.8. The van der Waals surface area contributed by atoms with Crippen molar-refractivity contribution in [1.82, 2.24) is 5.32 Å². The summed E-state index contributed by atoms with van der Waals surface area (Å²) in [7, 11) is 0. The first-order valence-corrected chi connectivity index (χ1v) is 9.09. The number of ether oxygens (including phenoxy) is 1. The van der Waals surface area contributed by atoms with Crippen molar-refractivity contribution in [3.05, 3.63) is 0 Å². The Kier molecular flexibility index (Phi) is 6.83. The Morgan fingerprint density at radius 3 is 2.55 bits per heavy atom. The fraction of sp³-hybridized carbons (Fsp3) is 1.00. The number of unbranched alkanes of at least 4 members (excludes halogenated alkanes) is 3. The molecular weight excluding hydrogens is 246 g/mol. The van der Waals surface area contributed by atoms with Crippen LogP contribution in [-0.4, -0.2) is 24.8 Å². The van der Waals surface area contributed by atoms with Crippen molar-refractivity contribution in [3.8, 4) is 0 Å². The van der Waals surface area contributed by atoms with Crippen molar-refractivity contribution in [2.24, 2.45) is 5.92 Å². The van der Waals surface area contributed by atoms with E-state index in [-0.39, 0.29) is 0 Å². The molecule has 0 bridgehead atoms. The summed E-state index contributed by atoms with van der Waals surface area (Å²) in [5, 5.41) is 3.61. The lowest BCUT2D eigenvalue weighted by Crippen LogP contribution is -2.31. The van der Waals surface area contributed by atoms with Crippen molar-refractivity contribution >= 4 is 0 Å². The molecule has 2 fully saturated rings. The van der Waals surface area contributed by atoms with Gasteiger partial charge in [0.25, 0.3) is 0 Å². The van der Waals surface area contributed by atoms with Crippen LogP contribution in [0, 0.1) is 5.92 Å². The van der Waals surface area contributed by atoms with Crippen molar-refractivity contribution in [1.29, 1.82) is 0 Å². The van der Waals surface area contributed by atoms with Crippen molar-refractivity contribution in [2.75, 3.05) is 13.1 Å². The van der Waals surface area contributed by atoms with Gasteiger partial charge in [0.05, 0.1) is 11.7 Å². The molecule has 1 saturated heterocycles. The first-order valence-electron chi connectivity index (χ1n) is 9.09. The maximum Gasteiger partial charge on any atom is 0.0708 e. The highest BCUT2D eigenvalue weighted by Crippen LogP contribution is 2.43. The molecule has 2 rings (SSSR count). The lowest BCUT2D eigenvalue weighted by Gasteiger charge is -2.23. The third-order valence-electron chi connectivity index (χ3n) is 5.11. The second-order valence-corrected chi connectivity index (χ2v) is 7.47. The van der Waals surface area contributed by atoms with Crippen molar-refractivity contribution < 1.29 is 4.74 Å². The van der Waals surface area contributed by atoms with Crippen LogP contribution in [0.5, 0.6) is 0 Å². The van der Waals surface area contributed by atoms with E-state index in [0.29, 0.717) is 11.7 Å². The van der Waals surface area contributed by atoms with Gasteiger partial charge in [-0.15, -0.1) is 0 Å². The predicted octanol–water partition coefficient (Wildman–Crippen LogP) is 4.67. The van der Waals surface area contributed by atoms with E-state index in [1.54, 1.807) is 0 Å². The lowest BCUT2D eigenvalue weighted by molar-refractivity contribution is -0.0350. The van der Waals surface area contributed by atoms with Crippen LogP contribution in [0.4, 0.5) is 0 Å². The largest absolute Gasteiger partial charge is 0.370 e. The summed E-state index contributed by atoms with van der Waals surface area (Å²) in [6.45, 7) is 6.89. The van der Waals surface area contributed by atoms with Crippen LogP contribution in [0.3, 0.4) is 0 Å². The Morgan fingerprint density at radius 1 is 1.05 bits per heavy atom. The highest BCUT2D eigenvalue weighted by Gasteiger charge is 2.41. The first-order chi connectivity index (χ1) is 9.70. The van der Waals surface area contributed by atoms with Gasteiger partial charge in [0.1, 0.15) is 0 Å². The molecule has 2 heteroatoms. The second kappa shape index (κ2) is 8.38. The quantitative estimate of drug-likeness (QED) is 0.620. The molecule has 1 atom stereocenters. The van der Waals surface area contributed by atoms with Crippen LogP contribution in [0.2, 0.25) is 0 Å². The molecular formula is C18H35NO. The average Bonchev–Trinajstić information content (AvgIpc) is 3.03. The third kappa shape index (κ3) is 5.37. The summed E-state index contributed by atoms with van der Waals surface area (Å²) < 4.78 is 6.32. The molecule has 1 spiro atoms. The van der Waals surface area contributed by atoms with Gasteiger partial charge in [-0.25, -0.2) is 0 Å². The van der Waals surface area contributed by atoms with Gasteiger partial charge in [0.15, 0.2) is 0 Å². The minimum Gasteiger partial charge on any atom is -0.370 e. The number of nitrogens with one attached hydrogen (secondary N) is 1. The second-order valence-electron chi connectivity index (χ2n) is 7.47. The zero-order chi connectivity index (χ0) is 14.3. The van der Waals surface area contributed by atoms with E-state index in [2.05, 4.69) is 19.2 Å². The maximum atomic E-state index is 6.32. The van der Waals surface area contributed by atoms with Crippen LogP contribution in [-0.2, 0) is 4.74 Å². The molecule has 2 aliphatic rings. The smallest absolute Gasteiger partial charge is 0.0708 e. The van der Waals surface area contributed by atoms with Crippen LogP contribution in [0.25, 0.3) is 0 Å². The fourth-order valence-corrected chi connectivity index (χ4v) is 3.85. The minimum absolute atomic E-state index is 0.309. The SMILES string of the molecule is CC(C)CCCCCCNCC1CCC2(CCCC2)O1. The summed E-state index contributed by atoms with van der Waals surface area (Å²) in [5.74, 6) is 0.871. The van der Waals surface area contributed by atoms with E-state index in [1.165, 1.54) is 77.2 Å². The Bertz CT molecular complexity index is 258. The molecule has 0 amide bonds. The topological polar surface area (TPSA) is 21.3 Å². The molecule has 1 aliphatic heterocycles. The van der Waals surface area contributed by atoms with E-state index in [1.807, 2.05) is 0 Å². The van der Waals surface area contributed by atoms with E-state index < -0.39 is 0 Å². The summed E-state index contributed by atoms with van der Waals surface area (Å²) in [6, 6.07) is 0. The molecule has 1 unspecified atom stereocenters. The maximum absolute atomic E-state index is 6.32. The zero-order valence-corrected chi connectivity index (χ0v) is 13.8. The Hall–Kier alpha value is -0.0800. The van der Waals surface area contributed by atoms with Crippen molar-refractivity contribution in [2.45, 2.75) is 96.2 Å². The molecule has 20 heavy (non-hydrogen) atoms. The molecule has 1 heterocycles. The number of hydrogen-bond donors (Lipinski definition) is 1. The third-order valence-corrected chi connectivity index (χ3v) is 5.11. The average molecular weight is 281 g/mol. The van der Waals surface area contributed by atoms with Gasteiger partial charge in [-0.3, -0.25) is 0 Å². The molecule has 118 valence electrons. The van der Waals surface area contributed by atoms with Crippen LogP contribution >= 0.6 is 0 Å². The number of hydrogen-bond acceptors (Lipinski definition) is 2. The van der Waals surface area contributed by atoms with Gasteiger partial charge >= 0.3 is 0 Å². The standard InChI is InChI=1S/C18H35NO/c1-16(2)9-5-3-4-8-14-19-15-17-10-13-18(20-17)11-6-7-12-18/h16-17,19H,3-15H2,1-2H3. The fourth-order valence-electron chi connectivity index (χ4n) is 3.85. The summed E-state index contributed by atoms with van der Waals surface area (Å²) in [5.41, 5.74) is 0.309. The molecule has 1 saturated carbocycles. The Balaban J connectivity index is 1.42. The van der Waals surface area contributed by atoms with Gasteiger partial charge in [-0.2, -0.15) is 0 Å². The molecule has 1 N–H and O–H groups in total. The van der Waals surface area contributed by atoms with Crippen LogP contribution in [0.15, 0.2) is 0 Å². The van der Waals surface area contributed by atoms with Gasteiger partial charge < -0.3 is 10.1 Å². The normalized spacial score (nSPS) is 25.1. The summed E-state index contributed by atoms with van der Waals surface area (Å²) in [4.78, 5) is 0.